The number of aromatic nitrogens is 1. The lowest BCUT2D eigenvalue weighted by atomic mass is 9.73. The van der Waals surface area contributed by atoms with Crippen LogP contribution in [0.3, 0.4) is 0 Å². The number of aliphatic hydroxyl groups is 1. The number of hydrogen-bond acceptors (Lipinski definition) is 4. The number of halogens is 3. The zero-order chi connectivity index (χ0) is 29.3. The number of ketones is 1. The maximum absolute atomic E-state index is 14.1. The monoisotopic (exact) mass is 550 g/mol. The van der Waals surface area contributed by atoms with E-state index >= 15 is 0 Å². The SMILES string of the molecule is Cc1cc(C)c(O)c(C(C)(C)CC(O)(Cn2ccc3ccccc32)C(F)(F)F)c1.O=C1CC=Nc2ccccc21. The summed E-state index contributed by atoms with van der Waals surface area (Å²) in [5.41, 5.74) is -0.0809. The number of carbonyl (C=O) groups is 1. The number of aromatic hydroxyl groups is 1. The Morgan fingerprint density at radius 2 is 1.65 bits per heavy atom. The van der Waals surface area contributed by atoms with Gasteiger partial charge in [0.25, 0.3) is 0 Å². The highest BCUT2D eigenvalue weighted by Gasteiger charge is 2.56. The van der Waals surface area contributed by atoms with Crippen LogP contribution in [0.4, 0.5) is 18.9 Å². The van der Waals surface area contributed by atoms with E-state index < -0.39 is 30.2 Å². The number of fused-ring (bicyclic) bond motifs is 2. The van der Waals surface area contributed by atoms with Gasteiger partial charge in [-0.3, -0.25) is 9.79 Å². The van der Waals surface area contributed by atoms with Gasteiger partial charge in [-0.25, -0.2) is 0 Å². The fraction of sp³-hybridized carbons (Fsp3) is 0.312. The average Bonchev–Trinajstić information content (AvgIpc) is 3.28. The molecule has 0 aliphatic carbocycles. The first-order valence-electron chi connectivity index (χ1n) is 13.0. The molecule has 4 aromatic rings. The second-order valence-electron chi connectivity index (χ2n) is 11.0. The van der Waals surface area contributed by atoms with Crippen LogP contribution in [-0.4, -0.2) is 38.6 Å². The predicted molar refractivity (Wildman–Crippen MR) is 152 cm³/mol. The number of Topliss-reactive ketones (excluding diaryl/α,β-unsaturated/α-hetero) is 1. The van der Waals surface area contributed by atoms with E-state index in [-0.39, 0.29) is 11.5 Å². The molecule has 5 rings (SSSR count). The Balaban J connectivity index is 0.000000278. The van der Waals surface area contributed by atoms with Crippen molar-refractivity contribution in [1.29, 1.82) is 0 Å². The van der Waals surface area contributed by atoms with Gasteiger partial charge in [-0.15, -0.1) is 0 Å². The predicted octanol–water partition coefficient (Wildman–Crippen LogP) is 7.60. The molecule has 0 bridgehead atoms. The van der Waals surface area contributed by atoms with Crippen LogP contribution in [-0.2, 0) is 12.0 Å². The first-order valence-corrected chi connectivity index (χ1v) is 13.0. The number of nitrogens with zero attached hydrogens (tertiary/aromatic N) is 2. The fourth-order valence-electron chi connectivity index (χ4n) is 5.27. The number of hydrogen-bond donors (Lipinski definition) is 2. The zero-order valence-electron chi connectivity index (χ0n) is 23.0. The molecule has 2 N–H and O–H groups in total. The second kappa shape index (κ2) is 10.9. The summed E-state index contributed by atoms with van der Waals surface area (Å²) >= 11 is 0. The molecular weight excluding hydrogens is 517 g/mol. The van der Waals surface area contributed by atoms with Gasteiger partial charge in [0.15, 0.2) is 11.4 Å². The van der Waals surface area contributed by atoms with Crippen molar-refractivity contribution in [2.75, 3.05) is 0 Å². The van der Waals surface area contributed by atoms with Gasteiger partial charge in [-0.2, -0.15) is 13.2 Å². The number of rotatable bonds is 5. The summed E-state index contributed by atoms with van der Waals surface area (Å²) in [5, 5.41) is 22.2. The summed E-state index contributed by atoms with van der Waals surface area (Å²) in [7, 11) is 0. The standard InChI is InChI=1S/C23H26F3NO2.C9H7NO/c1-15-11-16(2)20(28)18(12-15)21(3,4)13-22(29,23(24,25)26)14-27-10-9-17-7-5-6-8-19(17)27;11-9-5-6-10-8-4-2-1-3-7(8)9/h5-12,28-29H,13-14H2,1-4H3;1-4,6H,5H2. The Kier molecular flexibility index (Phi) is 7.94. The van der Waals surface area contributed by atoms with Crippen LogP contribution in [0.5, 0.6) is 5.75 Å². The maximum Gasteiger partial charge on any atom is 0.418 e. The van der Waals surface area contributed by atoms with Crippen molar-refractivity contribution in [3.05, 3.63) is 95.2 Å². The third-order valence-electron chi connectivity index (χ3n) is 7.26. The molecule has 1 atom stereocenters. The Morgan fingerprint density at radius 3 is 2.35 bits per heavy atom. The Bertz CT molecular complexity index is 1570. The number of phenols is 1. The molecule has 5 nitrogen and oxygen atoms in total. The highest BCUT2D eigenvalue weighted by molar-refractivity contribution is 6.09. The fourth-order valence-corrected chi connectivity index (χ4v) is 5.27. The number of alkyl halides is 3. The van der Waals surface area contributed by atoms with E-state index in [1.165, 1.54) is 4.57 Å². The van der Waals surface area contributed by atoms with E-state index in [4.69, 9.17) is 0 Å². The molecule has 0 spiro atoms. The van der Waals surface area contributed by atoms with E-state index in [1.54, 1.807) is 63.5 Å². The quantitative estimate of drug-likeness (QED) is 0.269. The van der Waals surface area contributed by atoms with Crippen molar-refractivity contribution in [3.8, 4) is 5.75 Å². The molecular formula is C32H33F3N2O3. The minimum absolute atomic E-state index is 0.0310. The van der Waals surface area contributed by atoms with Crippen LogP contribution in [0.25, 0.3) is 10.9 Å². The molecule has 0 radical (unpaired) electrons. The third-order valence-corrected chi connectivity index (χ3v) is 7.26. The molecule has 0 saturated heterocycles. The van der Waals surface area contributed by atoms with Crippen LogP contribution < -0.4 is 0 Å². The first kappa shape index (κ1) is 29.1. The molecule has 1 aliphatic rings. The van der Waals surface area contributed by atoms with Gasteiger partial charge in [-0.05, 0) is 60.9 Å². The lowest BCUT2D eigenvalue weighted by molar-refractivity contribution is -0.271. The summed E-state index contributed by atoms with van der Waals surface area (Å²) in [6.45, 7) is 6.15. The molecule has 1 unspecified atom stereocenters. The first-order chi connectivity index (χ1) is 18.7. The van der Waals surface area contributed by atoms with E-state index in [2.05, 4.69) is 4.99 Å². The van der Waals surface area contributed by atoms with E-state index in [0.717, 1.165) is 22.2 Å². The van der Waals surface area contributed by atoms with Crippen molar-refractivity contribution in [3.63, 3.8) is 0 Å². The molecule has 210 valence electrons. The Morgan fingerprint density at radius 1 is 0.975 bits per heavy atom. The number of carbonyl (C=O) groups excluding carboxylic acids is 1. The summed E-state index contributed by atoms with van der Waals surface area (Å²) in [6, 6.07) is 19.7. The van der Waals surface area contributed by atoms with Gasteiger partial charge in [0.2, 0.25) is 0 Å². The normalized spacial score (nSPS) is 14.8. The van der Waals surface area contributed by atoms with Crippen LogP contribution in [0, 0.1) is 13.8 Å². The molecule has 1 aliphatic heterocycles. The van der Waals surface area contributed by atoms with Crippen molar-refractivity contribution in [1.82, 2.24) is 4.57 Å². The molecule has 3 aromatic carbocycles. The lowest BCUT2D eigenvalue weighted by Crippen LogP contribution is -2.52. The topological polar surface area (TPSA) is 74.8 Å². The molecule has 2 heterocycles. The number of aliphatic imine (C=N–C) groups is 1. The third kappa shape index (κ3) is 5.97. The van der Waals surface area contributed by atoms with Crippen molar-refractivity contribution < 1.29 is 28.2 Å². The van der Waals surface area contributed by atoms with E-state index in [0.29, 0.717) is 23.1 Å². The minimum atomic E-state index is -4.84. The largest absolute Gasteiger partial charge is 0.507 e. The average molecular weight is 551 g/mol. The molecule has 40 heavy (non-hydrogen) atoms. The number of para-hydroxylation sites is 2. The van der Waals surface area contributed by atoms with Crippen LogP contribution in [0.2, 0.25) is 0 Å². The maximum atomic E-state index is 14.1. The lowest BCUT2D eigenvalue weighted by Gasteiger charge is -2.38. The molecule has 0 saturated carbocycles. The summed E-state index contributed by atoms with van der Waals surface area (Å²) < 4.78 is 43.7. The van der Waals surface area contributed by atoms with Crippen LogP contribution >= 0.6 is 0 Å². The van der Waals surface area contributed by atoms with E-state index in [1.807, 2.05) is 43.3 Å². The van der Waals surface area contributed by atoms with Crippen molar-refractivity contribution in [2.24, 2.45) is 4.99 Å². The van der Waals surface area contributed by atoms with Gasteiger partial charge in [0, 0.05) is 35.5 Å². The number of phenolic OH excluding ortho intramolecular Hbond substituents is 1. The Hall–Kier alpha value is -3.91. The van der Waals surface area contributed by atoms with Gasteiger partial charge < -0.3 is 14.8 Å². The molecule has 8 heteroatoms. The van der Waals surface area contributed by atoms with E-state index in [9.17, 15) is 28.2 Å². The zero-order valence-corrected chi connectivity index (χ0v) is 23.0. The van der Waals surface area contributed by atoms with Gasteiger partial charge >= 0.3 is 6.18 Å². The van der Waals surface area contributed by atoms with Gasteiger partial charge in [0.1, 0.15) is 5.75 Å². The van der Waals surface area contributed by atoms with Crippen molar-refractivity contribution in [2.45, 2.75) is 64.3 Å². The molecule has 0 amide bonds. The summed E-state index contributed by atoms with van der Waals surface area (Å²) in [6.07, 6.45) is -1.78. The van der Waals surface area contributed by atoms with Crippen molar-refractivity contribution >= 4 is 28.6 Å². The van der Waals surface area contributed by atoms with Gasteiger partial charge in [0.05, 0.1) is 12.2 Å². The number of aryl methyl sites for hydroxylation is 2. The summed E-state index contributed by atoms with van der Waals surface area (Å²) in [5.74, 6) is 0.132. The van der Waals surface area contributed by atoms with Gasteiger partial charge in [-0.1, -0.05) is 61.9 Å². The molecule has 0 fully saturated rings. The highest BCUT2D eigenvalue weighted by atomic mass is 19.4. The second-order valence-corrected chi connectivity index (χ2v) is 11.0. The highest BCUT2D eigenvalue weighted by Crippen LogP contribution is 2.45. The minimum Gasteiger partial charge on any atom is -0.507 e. The van der Waals surface area contributed by atoms with Crippen LogP contribution in [0.1, 0.15) is 53.7 Å². The number of benzene rings is 3. The smallest absolute Gasteiger partial charge is 0.418 e. The van der Waals surface area contributed by atoms with Crippen LogP contribution in [0.15, 0.2) is 77.9 Å². The summed E-state index contributed by atoms with van der Waals surface area (Å²) in [4.78, 5) is 15.3. The Labute approximate surface area is 231 Å². The molecule has 1 aromatic heterocycles.